The average Bonchev–Trinajstić information content (AvgIpc) is 2.44. The Morgan fingerprint density at radius 3 is 2.95 bits per heavy atom. The minimum Gasteiger partial charge on any atom is -0.383 e. The molecule has 0 amide bonds. The summed E-state index contributed by atoms with van der Waals surface area (Å²) in [5, 5.41) is 3.38. The maximum Gasteiger partial charge on any atom is 0.0587 e. The van der Waals surface area contributed by atoms with E-state index in [1.165, 1.54) is 34.1 Å². The summed E-state index contributed by atoms with van der Waals surface area (Å²) in [7, 11) is 1.73. The zero-order chi connectivity index (χ0) is 13.8. The lowest BCUT2D eigenvalue weighted by molar-refractivity contribution is 0.199. The van der Waals surface area contributed by atoms with Crippen molar-refractivity contribution in [1.29, 1.82) is 0 Å². The fraction of sp³-hybridized carbons (Fsp3) is 0.600. The molecule has 4 heteroatoms. The monoisotopic (exact) mass is 299 g/mol. The Bertz CT molecular complexity index is 334. The Hall–Kier alpha value is -0.160. The zero-order valence-corrected chi connectivity index (χ0v) is 13.6. The Morgan fingerprint density at radius 1 is 1.26 bits per heavy atom. The van der Waals surface area contributed by atoms with Gasteiger partial charge in [-0.05, 0) is 41.4 Å². The van der Waals surface area contributed by atoms with Crippen LogP contribution < -0.4 is 5.32 Å². The molecule has 0 aliphatic rings. The van der Waals surface area contributed by atoms with Crippen molar-refractivity contribution in [3.05, 3.63) is 29.8 Å². The van der Waals surface area contributed by atoms with Gasteiger partial charge in [0, 0.05) is 25.1 Å². The highest BCUT2D eigenvalue weighted by Crippen LogP contribution is 2.20. The molecule has 0 heterocycles. The van der Waals surface area contributed by atoms with Crippen LogP contribution in [0, 0.1) is 0 Å². The third-order valence-corrected chi connectivity index (χ3v) is 4.68. The first-order valence-corrected chi connectivity index (χ1v) is 9.00. The second-order valence-corrected chi connectivity index (χ2v) is 6.78. The van der Waals surface area contributed by atoms with Gasteiger partial charge in [0.25, 0.3) is 0 Å². The Balaban J connectivity index is 2.23. The summed E-state index contributed by atoms with van der Waals surface area (Å²) in [6, 6.07) is 8.82. The van der Waals surface area contributed by atoms with Gasteiger partial charge < -0.3 is 10.1 Å². The Morgan fingerprint density at radius 2 is 2.16 bits per heavy atom. The molecule has 1 aromatic carbocycles. The van der Waals surface area contributed by atoms with Crippen LogP contribution in [0.5, 0.6) is 0 Å². The summed E-state index contributed by atoms with van der Waals surface area (Å²) in [4.78, 5) is 1.38. The quantitative estimate of drug-likeness (QED) is 0.497. The van der Waals surface area contributed by atoms with E-state index in [-0.39, 0.29) is 0 Å². The highest BCUT2D eigenvalue weighted by atomic mass is 32.2. The van der Waals surface area contributed by atoms with E-state index in [1.807, 2.05) is 23.5 Å². The standard InChI is InChI=1S/C15H25NOS2/c1-3-18-10-5-11-19-15-7-4-6-14(12-15)13-16-8-9-17-2/h4,6-7,12,16H,3,5,8-11,13H2,1-2H3. The van der Waals surface area contributed by atoms with Crippen LogP contribution in [-0.4, -0.2) is 37.5 Å². The van der Waals surface area contributed by atoms with Crippen LogP contribution in [0.2, 0.25) is 0 Å². The molecular formula is C15H25NOS2. The molecule has 1 N–H and O–H groups in total. The topological polar surface area (TPSA) is 21.3 Å². The summed E-state index contributed by atoms with van der Waals surface area (Å²) in [5.74, 6) is 3.72. The van der Waals surface area contributed by atoms with Crippen LogP contribution in [-0.2, 0) is 11.3 Å². The molecule has 108 valence electrons. The number of nitrogens with one attached hydrogen (secondary N) is 1. The highest BCUT2D eigenvalue weighted by Gasteiger charge is 1.97. The van der Waals surface area contributed by atoms with E-state index in [0.717, 1.165) is 19.7 Å². The van der Waals surface area contributed by atoms with Crippen LogP contribution in [0.15, 0.2) is 29.2 Å². The smallest absolute Gasteiger partial charge is 0.0587 e. The molecule has 0 radical (unpaired) electrons. The van der Waals surface area contributed by atoms with Crippen molar-refractivity contribution in [2.75, 3.05) is 37.5 Å². The molecule has 0 aliphatic carbocycles. The van der Waals surface area contributed by atoms with Crippen molar-refractivity contribution >= 4 is 23.5 Å². The summed E-state index contributed by atoms with van der Waals surface area (Å²) in [5.41, 5.74) is 1.35. The summed E-state index contributed by atoms with van der Waals surface area (Å²) in [6.45, 7) is 4.81. The molecule has 0 atom stereocenters. The van der Waals surface area contributed by atoms with Crippen LogP contribution >= 0.6 is 23.5 Å². The molecule has 1 rings (SSSR count). The van der Waals surface area contributed by atoms with Gasteiger partial charge in [-0.15, -0.1) is 11.8 Å². The molecular weight excluding hydrogens is 274 g/mol. The van der Waals surface area contributed by atoms with Crippen molar-refractivity contribution in [3.8, 4) is 0 Å². The largest absolute Gasteiger partial charge is 0.383 e. The first kappa shape index (κ1) is 16.9. The maximum atomic E-state index is 5.02. The van der Waals surface area contributed by atoms with E-state index in [9.17, 15) is 0 Å². The van der Waals surface area contributed by atoms with Gasteiger partial charge in [-0.2, -0.15) is 11.8 Å². The van der Waals surface area contributed by atoms with Crippen molar-refractivity contribution < 1.29 is 4.74 Å². The number of thioether (sulfide) groups is 2. The van der Waals surface area contributed by atoms with E-state index in [4.69, 9.17) is 4.74 Å². The van der Waals surface area contributed by atoms with Gasteiger partial charge in [0.2, 0.25) is 0 Å². The predicted molar refractivity (Wildman–Crippen MR) is 88.4 cm³/mol. The van der Waals surface area contributed by atoms with Crippen LogP contribution in [0.1, 0.15) is 18.9 Å². The van der Waals surface area contributed by atoms with Gasteiger partial charge in [-0.25, -0.2) is 0 Å². The van der Waals surface area contributed by atoms with E-state index < -0.39 is 0 Å². The lowest BCUT2D eigenvalue weighted by Gasteiger charge is -2.07. The molecule has 0 aliphatic heterocycles. The SMILES string of the molecule is CCSCCCSc1cccc(CNCCOC)c1. The lowest BCUT2D eigenvalue weighted by atomic mass is 10.2. The molecule has 0 saturated carbocycles. The van der Waals surface area contributed by atoms with Crippen molar-refractivity contribution in [3.63, 3.8) is 0 Å². The van der Waals surface area contributed by atoms with Gasteiger partial charge in [-0.1, -0.05) is 19.1 Å². The molecule has 1 aromatic rings. The van der Waals surface area contributed by atoms with Crippen LogP contribution in [0.25, 0.3) is 0 Å². The maximum absolute atomic E-state index is 5.02. The van der Waals surface area contributed by atoms with Crippen molar-refractivity contribution in [1.82, 2.24) is 5.32 Å². The van der Waals surface area contributed by atoms with Gasteiger partial charge in [0.05, 0.1) is 6.61 Å². The molecule has 0 spiro atoms. The summed E-state index contributed by atoms with van der Waals surface area (Å²) < 4.78 is 5.02. The second kappa shape index (κ2) is 11.6. The third kappa shape index (κ3) is 8.58. The fourth-order valence-corrected chi connectivity index (χ4v) is 3.40. The molecule has 0 bridgehead atoms. The van der Waals surface area contributed by atoms with E-state index in [0.29, 0.717) is 0 Å². The number of benzene rings is 1. The first-order chi connectivity index (χ1) is 9.36. The number of hydrogen-bond donors (Lipinski definition) is 1. The summed E-state index contributed by atoms with van der Waals surface area (Å²) in [6.07, 6.45) is 1.29. The Labute approximate surface area is 126 Å². The van der Waals surface area contributed by atoms with Gasteiger partial charge >= 0.3 is 0 Å². The third-order valence-electron chi connectivity index (χ3n) is 2.62. The second-order valence-electron chi connectivity index (χ2n) is 4.22. The summed E-state index contributed by atoms with van der Waals surface area (Å²) >= 11 is 3.99. The Kier molecular flexibility index (Phi) is 10.4. The predicted octanol–water partition coefficient (Wildman–Crippen LogP) is 3.66. The van der Waals surface area contributed by atoms with Gasteiger partial charge in [0.15, 0.2) is 0 Å². The molecule has 0 saturated heterocycles. The molecule has 0 unspecified atom stereocenters. The van der Waals surface area contributed by atoms with Crippen molar-refractivity contribution in [2.24, 2.45) is 0 Å². The molecule has 19 heavy (non-hydrogen) atoms. The number of methoxy groups -OCH3 is 1. The molecule has 0 aromatic heterocycles. The van der Waals surface area contributed by atoms with E-state index >= 15 is 0 Å². The van der Waals surface area contributed by atoms with E-state index in [2.05, 4.69) is 36.5 Å². The minimum atomic E-state index is 0.767. The zero-order valence-electron chi connectivity index (χ0n) is 12.0. The number of rotatable bonds is 11. The van der Waals surface area contributed by atoms with E-state index in [1.54, 1.807) is 7.11 Å². The normalized spacial score (nSPS) is 10.8. The van der Waals surface area contributed by atoms with Crippen LogP contribution in [0.4, 0.5) is 0 Å². The average molecular weight is 300 g/mol. The van der Waals surface area contributed by atoms with Gasteiger partial charge in [-0.3, -0.25) is 0 Å². The highest BCUT2D eigenvalue weighted by molar-refractivity contribution is 8.00. The fourth-order valence-electron chi connectivity index (χ4n) is 1.65. The minimum absolute atomic E-state index is 0.767. The lowest BCUT2D eigenvalue weighted by Crippen LogP contribution is -2.18. The first-order valence-electron chi connectivity index (χ1n) is 6.86. The number of hydrogen-bond acceptors (Lipinski definition) is 4. The molecule has 2 nitrogen and oxygen atoms in total. The van der Waals surface area contributed by atoms with Crippen molar-refractivity contribution in [2.45, 2.75) is 24.8 Å². The van der Waals surface area contributed by atoms with Gasteiger partial charge in [0.1, 0.15) is 0 Å². The molecule has 0 fully saturated rings. The van der Waals surface area contributed by atoms with Crippen LogP contribution in [0.3, 0.4) is 0 Å². The number of ether oxygens (including phenoxy) is 1.